The summed E-state index contributed by atoms with van der Waals surface area (Å²) in [5, 5.41) is 0. The molecule has 7 heteroatoms. The molecule has 94 valence electrons. The lowest BCUT2D eigenvalue weighted by atomic mass is 10.2. The molecule has 0 unspecified atom stereocenters. The van der Waals surface area contributed by atoms with E-state index in [1.807, 2.05) is 0 Å². The molecule has 0 bridgehead atoms. The SMILES string of the molecule is Nc1ncc(Br)cc1S(=O)(=O)N1CCCCC1. The Morgan fingerprint density at radius 3 is 2.59 bits per heavy atom. The molecular formula is C10H14BrN3O2S. The molecule has 5 nitrogen and oxygen atoms in total. The fourth-order valence-corrected chi connectivity index (χ4v) is 3.98. The highest BCUT2D eigenvalue weighted by atomic mass is 79.9. The van der Waals surface area contributed by atoms with Crippen LogP contribution in [0, 0.1) is 0 Å². The third-order valence-electron chi connectivity index (χ3n) is 2.78. The summed E-state index contributed by atoms with van der Waals surface area (Å²) in [6.45, 7) is 1.13. The van der Waals surface area contributed by atoms with E-state index in [9.17, 15) is 8.42 Å². The second-order valence-corrected chi connectivity index (χ2v) is 6.82. The topological polar surface area (TPSA) is 76.3 Å². The minimum atomic E-state index is -3.50. The van der Waals surface area contributed by atoms with Crippen molar-refractivity contribution in [2.75, 3.05) is 18.8 Å². The van der Waals surface area contributed by atoms with Crippen molar-refractivity contribution in [2.45, 2.75) is 24.2 Å². The van der Waals surface area contributed by atoms with Crippen LogP contribution in [-0.2, 0) is 10.0 Å². The molecular weight excluding hydrogens is 306 g/mol. The van der Waals surface area contributed by atoms with Crippen molar-refractivity contribution in [1.29, 1.82) is 0 Å². The van der Waals surface area contributed by atoms with Gasteiger partial charge in [0.05, 0.1) is 0 Å². The number of nitrogens with zero attached hydrogens (tertiary/aromatic N) is 2. The summed E-state index contributed by atoms with van der Waals surface area (Å²) >= 11 is 3.21. The zero-order chi connectivity index (χ0) is 12.5. The third kappa shape index (κ3) is 2.61. The Hall–Kier alpha value is -0.660. The van der Waals surface area contributed by atoms with E-state index in [0.717, 1.165) is 19.3 Å². The molecule has 0 spiro atoms. The molecule has 0 radical (unpaired) electrons. The van der Waals surface area contributed by atoms with Crippen LogP contribution in [0.25, 0.3) is 0 Å². The zero-order valence-corrected chi connectivity index (χ0v) is 11.7. The molecule has 2 heterocycles. The van der Waals surface area contributed by atoms with Gasteiger partial charge in [-0.3, -0.25) is 0 Å². The molecule has 1 aliphatic rings. The minimum Gasteiger partial charge on any atom is -0.383 e. The highest BCUT2D eigenvalue weighted by Gasteiger charge is 2.28. The molecule has 0 atom stereocenters. The summed E-state index contributed by atoms with van der Waals surface area (Å²) in [4.78, 5) is 3.96. The van der Waals surface area contributed by atoms with Gasteiger partial charge in [-0.25, -0.2) is 13.4 Å². The van der Waals surface area contributed by atoms with Crippen LogP contribution in [0.2, 0.25) is 0 Å². The number of aromatic nitrogens is 1. The normalized spacial score (nSPS) is 18.2. The van der Waals surface area contributed by atoms with Gasteiger partial charge in [-0.15, -0.1) is 0 Å². The Bertz CT molecular complexity index is 512. The van der Waals surface area contributed by atoms with Gasteiger partial charge in [0.2, 0.25) is 10.0 Å². The van der Waals surface area contributed by atoms with Gasteiger partial charge in [0.1, 0.15) is 10.7 Å². The highest BCUT2D eigenvalue weighted by Crippen LogP contribution is 2.26. The van der Waals surface area contributed by atoms with Crippen molar-refractivity contribution >= 4 is 31.8 Å². The van der Waals surface area contributed by atoms with E-state index < -0.39 is 10.0 Å². The monoisotopic (exact) mass is 319 g/mol. The molecule has 0 amide bonds. The van der Waals surface area contributed by atoms with Gasteiger partial charge in [-0.05, 0) is 34.8 Å². The van der Waals surface area contributed by atoms with Gasteiger partial charge in [-0.1, -0.05) is 6.42 Å². The number of hydrogen-bond acceptors (Lipinski definition) is 4. The maximum atomic E-state index is 12.3. The summed E-state index contributed by atoms with van der Waals surface area (Å²) < 4.78 is 26.8. The van der Waals surface area contributed by atoms with Gasteiger partial charge < -0.3 is 5.73 Å². The molecule has 0 aliphatic carbocycles. The number of pyridine rings is 1. The first kappa shape index (κ1) is 12.8. The fourth-order valence-electron chi connectivity index (χ4n) is 1.88. The van der Waals surface area contributed by atoms with Crippen LogP contribution in [0.3, 0.4) is 0 Å². The number of hydrogen-bond donors (Lipinski definition) is 1. The van der Waals surface area contributed by atoms with Crippen LogP contribution in [0.4, 0.5) is 5.82 Å². The van der Waals surface area contributed by atoms with E-state index in [1.54, 1.807) is 0 Å². The van der Waals surface area contributed by atoms with Gasteiger partial charge in [0, 0.05) is 23.8 Å². The Morgan fingerprint density at radius 2 is 1.94 bits per heavy atom. The molecule has 1 fully saturated rings. The second kappa shape index (κ2) is 4.91. The lowest BCUT2D eigenvalue weighted by molar-refractivity contribution is 0.346. The number of anilines is 1. The molecule has 1 aromatic rings. The van der Waals surface area contributed by atoms with Crippen LogP contribution in [0.15, 0.2) is 21.6 Å². The van der Waals surface area contributed by atoms with E-state index in [2.05, 4.69) is 20.9 Å². The first-order chi connectivity index (χ1) is 8.01. The Morgan fingerprint density at radius 1 is 1.29 bits per heavy atom. The van der Waals surface area contributed by atoms with Gasteiger partial charge >= 0.3 is 0 Å². The van der Waals surface area contributed by atoms with E-state index in [0.29, 0.717) is 17.6 Å². The predicted octanol–water partition coefficient (Wildman–Crippen LogP) is 1.60. The first-order valence-corrected chi connectivity index (χ1v) is 7.66. The van der Waals surface area contributed by atoms with Crippen molar-refractivity contribution in [2.24, 2.45) is 0 Å². The number of piperidine rings is 1. The summed E-state index contributed by atoms with van der Waals surface area (Å²) in [5.41, 5.74) is 5.64. The minimum absolute atomic E-state index is 0.0544. The van der Waals surface area contributed by atoms with Crippen LogP contribution in [-0.4, -0.2) is 30.8 Å². The van der Waals surface area contributed by atoms with Crippen molar-refractivity contribution in [3.63, 3.8) is 0 Å². The lowest BCUT2D eigenvalue weighted by Gasteiger charge is -2.26. The van der Waals surface area contributed by atoms with Gasteiger partial charge in [-0.2, -0.15) is 4.31 Å². The van der Waals surface area contributed by atoms with Crippen LogP contribution in [0.1, 0.15) is 19.3 Å². The Labute approximate surface area is 109 Å². The van der Waals surface area contributed by atoms with Crippen LogP contribution >= 0.6 is 15.9 Å². The van der Waals surface area contributed by atoms with Crippen LogP contribution < -0.4 is 5.73 Å². The largest absolute Gasteiger partial charge is 0.383 e. The molecule has 0 saturated carbocycles. The van der Waals surface area contributed by atoms with Gasteiger partial charge in [0.15, 0.2) is 0 Å². The average Bonchev–Trinajstić information content (AvgIpc) is 2.33. The number of sulfonamides is 1. The van der Waals surface area contributed by atoms with Crippen LogP contribution in [0.5, 0.6) is 0 Å². The summed E-state index contributed by atoms with van der Waals surface area (Å²) in [5.74, 6) is 0.0544. The maximum absolute atomic E-state index is 12.3. The molecule has 0 aromatic carbocycles. The van der Waals surface area contributed by atoms with E-state index >= 15 is 0 Å². The second-order valence-electron chi connectivity index (χ2n) is 4.00. The highest BCUT2D eigenvalue weighted by molar-refractivity contribution is 9.10. The summed E-state index contributed by atoms with van der Waals surface area (Å²) in [6, 6.07) is 1.51. The summed E-state index contributed by atoms with van der Waals surface area (Å²) in [7, 11) is -3.50. The molecule has 1 saturated heterocycles. The van der Waals surface area contributed by atoms with E-state index in [4.69, 9.17) is 5.73 Å². The fraction of sp³-hybridized carbons (Fsp3) is 0.500. The Kier molecular flexibility index (Phi) is 3.70. The quantitative estimate of drug-likeness (QED) is 0.898. The van der Waals surface area contributed by atoms with Crippen molar-refractivity contribution < 1.29 is 8.42 Å². The average molecular weight is 320 g/mol. The van der Waals surface area contributed by atoms with Crippen molar-refractivity contribution in [3.05, 3.63) is 16.7 Å². The summed E-state index contributed by atoms with van der Waals surface area (Å²) in [6.07, 6.45) is 4.38. The molecule has 2 rings (SSSR count). The van der Waals surface area contributed by atoms with E-state index in [1.165, 1.54) is 16.6 Å². The predicted molar refractivity (Wildman–Crippen MR) is 69.0 cm³/mol. The van der Waals surface area contributed by atoms with E-state index in [-0.39, 0.29) is 10.7 Å². The number of nitrogens with two attached hydrogens (primary N) is 1. The molecule has 2 N–H and O–H groups in total. The lowest BCUT2D eigenvalue weighted by Crippen LogP contribution is -2.36. The zero-order valence-electron chi connectivity index (χ0n) is 9.26. The maximum Gasteiger partial charge on any atom is 0.246 e. The number of halogens is 1. The molecule has 1 aromatic heterocycles. The van der Waals surface area contributed by atoms with Crippen molar-refractivity contribution in [1.82, 2.24) is 9.29 Å². The van der Waals surface area contributed by atoms with Crippen molar-refractivity contribution in [3.8, 4) is 0 Å². The number of rotatable bonds is 2. The third-order valence-corrected chi connectivity index (χ3v) is 5.14. The Balaban J connectivity index is 2.40. The molecule has 17 heavy (non-hydrogen) atoms. The number of nitrogen functional groups attached to an aromatic ring is 1. The van der Waals surface area contributed by atoms with Gasteiger partial charge in [0.25, 0.3) is 0 Å². The first-order valence-electron chi connectivity index (χ1n) is 5.43. The molecule has 1 aliphatic heterocycles. The standard InChI is InChI=1S/C10H14BrN3O2S/c11-8-6-9(10(12)13-7-8)17(15,16)14-4-2-1-3-5-14/h6-7H,1-5H2,(H2,12,13). The smallest absolute Gasteiger partial charge is 0.246 e.